The van der Waals surface area contributed by atoms with Crippen molar-refractivity contribution in [2.24, 2.45) is 0 Å². The minimum atomic E-state index is -5.06. The number of alkyl halides is 3. The van der Waals surface area contributed by atoms with Gasteiger partial charge in [0, 0.05) is 25.4 Å². The van der Waals surface area contributed by atoms with E-state index in [1.165, 1.54) is 25.3 Å². The zero-order chi connectivity index (χ0) is 24.8. The molecule has 0 radical (unpaired) electrons. The predicted octanol–water partition coefficient (Wildman–Crippen LogP) is 3.90. The number of carbonyl (C=O) groups excluding carboxylic acids is 3. The number of hydrogen-bond acceptors (Lipinski definition) is 7. The average molecular weight is 534 g/mol. The van der Waals surface area contributed by atoms with Crippen LogP contribution in [0.15, 0.2) is 46.7 Å². The zero-order valence-electron chi connectivity index (χ0n) is 17.1. The van der Waals surface area contributed by atoms with Crippen molar-refractivity contribution >= 4 is 39.7 Å². The number of hydrogen-bond donors (Lipinski definition) is 1. The Morgan fingerprint density at radius 1 is 1.27 bits per heavy atom. The van der Waals surface area contributed by atoms with E-state index in [1.807, 2.05) is 0 Å². The van der Waals surface area contributed by atoms with E-state index in [0.717, 1.165) is 19.2 Å². The summed E-state index contributed by atoms with van der Waals surface area (Å²) >= 11 is 3.07. The lowest BCUT2D eigenvalue weighted by molar-refractivity contribution is -0.123. The summed E-state index contributed by atoms with van der Waals surface area (Å²) in [5.41, 5.74) is -2.13. The minimum Gasteiger partial charge on any atom is -0.467 e. The van der Waals surface area contributed by atoms with Crippen molar-refractivity contribution < 1.29 is 41.4 Å². The number of ether oxygens (including phenoxy) is 2. The normalized spacial score (nSPS) is 11.5. The Bertz CT molecular complexity index is 1090. The summed E-state index contributed by atoms with van der Waals surface area (Å²) < 4.78 is 66.1. The summed E-state index contributed by atoms with van der Waals surface area (Å²) in [5, 5.41) is 1.55. The summed E-state index contributed by atoms with van der Waals surface area (Å²) in [6.45, 7) is 0.998. The molecule has 0 aliphatic rings. The van der Waals surface area contributed by atoms with Crippen molar-refractivity contribution in [3.63, 3.8) is 0 Å². The second-order valence-corrected chi connectivity index (χ2v) is 7.20. The van der Waals surface area contributed by atoms with Gasteiger partial charge in [0.1, 0.15) is 23.9 Å². The molecule has 1 heterocycles. The first kappa shape index (κ1) is 25.8. The summed E-state index contributed by atoms with van der Waals surface area (Å²) in [4.78, 5) is 37.3. The van der Waals surface area contributed by atoms with E-state index in [9.17, 15) is 31.9 Å². The van der Waals surface area contributed by atoms with Gasteiger partial charge in [0.2, 0.25) is 6.41 Å². The summed E-state index contributed by atoms with van der Waals surface area (Å²) in [6, 6.07) is 4.73. The third-order valence-corrected chi connectivity index (χ3v) is 4.47. The lowest BCUT2D eigenvalue weighted by atomic mass is 10.2. The Balaban J connectivity index is 2.47. The molecule has 8 nitrogen and oxygen atoms in total. The highest BCUT2D eigenvalue weighted by Crippen LogP contribution is 2.40. The fraction of sp³-hybridized carbons (Fsp3) is 0.200. The number of anilines is 1. The molecule has 2 rings (SSSR count). The molecule has 0 atom stereocenters. The van der Waals surface area contributed by atoms with Crippen LogP contribution in [0.3, 0.4) is 0 Å². The van der Waals surface area contributed by atoms with Crippen LogP contribution in [0.25, 0.3) is 0 Å². The smallest absolute Gasteiger partial charge is 0.431 e. The quantitative estimate of drug-likeness (QED) is 0.296. The number of nitrogens with zero attached hydrogens (tertiary/aromatic N) is 2. The van der Waals surface area contributed by atoms with Gasteiger partial charge in [0.15, 0.2) is 11.5 Å². The summed E-state index contributed by atoms with van der Waals surface area (Å²) in [6.07, 6.45) is -3.66. The van der Waals surface area contributed by atoms with E-state index in [1.54, 1.807) is 5.32 Å². The Labute approximate surface area is 193 Å². The van der Waals surface area contributed by atoms with Crippen LogP contribution in [0, 0.1) is 5.82 Å². The molecule has 0 unspecified atom stereocenters. The molecule has 0 bridgehead atoms. The second kappa shape index (κ2) is 10.9. The Morgan fingerprint density at radius 2 is 1.97 bits per heavy atom. The van der Waals surface area contributed by atoms with E-state index >= 15 is 0 Å². The highest BCUT2D eigenvalue weighted by atomic mass is 79.9. The Kier molecular flexibility index (Phi) is 8.51. The van der Waals surface area contributed by atoms with E-state index in [2.05, 4.69) is 20.9 Å². The molecule has 0 aliphatic carbocycles. The van der Waals surface area contributed by atoms with E-state index < -0.39 is 29.3 Å². The minimum absolute atomic E-state index is 0.0107. The molecule has 13 heteroatoms. The largest absolute Gasteiger partial charge is 0.467 e. The third kappa shape index (κ3) is 7.00. The molecule has 1 aromatic carbocycles. The highest BCUT2D eigenvalue weighted by molar-refractivity contribution is 9.10. The summed E-state index contributed by atoms with van der Waals surface area (Å²) in [7, 11) is 0.884. The van der Waals surface area contributed by atoms with Crippen LogP contribution >= 0.6 is 15.9 Å². The van der Waals surface area contributed by atoms with Crippen molar-refractivity contribution in [3.8, 4) is 17.4 Å². The highest BCUT2D eigenvalue weighted by Gasteiger charge is 2.38. The molecule has 0 saturated carbocycles. The van der Waals surface area contributed by atoms with Crippen LogP contribution in [0.5, 0.6) is 17.4 Å². The van der Waals surface area contributed by atoms with Crippen LogP contribution < -0.4 is 19.7 Å². The molecule has 0 fully saturated rings. The van der Waals surface area contributed by atoms with E-state index in [-0.39, 0.29) is 46.7 Å². The molecule has 2 aromatic rings. The van der Waals surface area contributed by atoms with Gasteiger partial charge in [-0.3, -0.25) is 19.7 Å². The molecular weight excluding hydrogens is 518 g/mol. The van der Waals surface area contributed by atoms with Crippen LogP contribution in [-0.2, 0) is 14.4 Å². The van der Waals surface area contributed by atoms with Crippen LogP contribution in [0.2, 0.25) is 0 Å². The van der Waals surface area contributed by atoms with Crippen molar-refractivity contribution in [1.29, 1.82) is 0 Å². The number of Topliss-reactive ketones (excluding diaryl/α,β-unsaturated/α-hetero) is 1. The molecule has 0 saturated heterocycles. The van der Waals surface area contributed by atoms with Gasteiger partial charge in [-0.2, -0.15) is 13.2 Å². The number of pyridine rings is 1. The van der Waals surface area contributed by atoms with Gasteiger partial charge in [-0.15, -0.1) is 0 Å². The van der Waals surface area contributed by atoms with Crippen molar-refractivity contribution in [2.75, 3.05) is 18.6 Å². The van der Waals surface area contributed by atoms with E-state index in [4.69, 9.17) is 9.47 Å². The first-order chi connectivity index (χ1) is 15.4. The topological polar surface area (TPSA) is 97.8 Å². The van der Waals surface area contributed by atoms with Gasteiger partial charge < -0.3 is 14.4 Å². The number of benzene rings is 1. The number of allylic oxidation sites excluding steroid dienone is 1. The van der Waals surface area contributed by atoms with Gasteiger partial charge in [-0.1, -0.05) is 0 Å². The standard InChI is InChI=1S/C20H16BrF4N3O5/c1-11(30)9-32-19-15(4-3-5-26-19)33-16-7-14(13(22)6-12(16)21)28(2)17(20(23,24)25)8-18(31)27-10-29/h3-8,10H,9H2,1-2H3,(H,27,29,31)/b17-8-. The Hall–Kier alpha value is -3.48. The monoisotopic (exact) mass is 533 g/mol. The maximum absolute atomic E-state index is 14.6. The van der Waals surface area contributed by atoms with Gasteiger partial charge in [0.25, 0.3) is 11.8 Å². The van der Waals surface area contributed by atoms with Crippen molar-refractivity contribution in [1.82, 2.24) is 10.3 Å². The number of carbonyl (C=O) groups is 3. The maximum Gasteiger partial charge on any atom is 0.431 e. The summed E-state index contributed by atoms with van der Waals surface area (Å²) in [5.74, 6) is -2.87. The second-order valence-electron chi connectivity index (χ2n) is 6.35. The number of imide groups is 1. The first-order valence-electron chi connectivity index (χ1n) is 8.95. The average Bonchev–Trinajstić information content (AvgIpc) is 2.72. The molecule has 176 valence electrons. The SMILES string of the molecule is CC(=O)COc1ncccc1Oc1cc(N(C)/C(=C\C(=O)NC=O)C(F)(F)F)c(F)cc1Br. The first-order valence-corrected chi connectivity index (χ1v) is 9.74. The number of halogens is 5. The predicted molar refractivity (Wildman–Crippen MR) is 111 cm³/mol. The van der Waals surface area contributed by atoms with Crippen LogP contribution in [0.4, 0.5) is 23.2 Å². The fourth-order valence-corrected chi connectivity index (χ4v) is 2.82. The molecule has 0 spiro atoms. The van der Waals surface area contributed by atoms with Gasteiger partial charge in [-0.25, -0.2) is 9.37 Å². The zero-order valence-corrected chi connectivity index (χ0v) is 18.7. The van der Waals surface area contributed by atoms with Gasteiger partial charge in [-0.05, 0) is 41.1 Å². The molecule has 2 amide bonds. The maximum atomic E-state index is 14.6. The van der Waals surface area contributed by atoms with Crippen LogP contribution in [-0.4, -0.2) is 42.9 Å². The number of nitrogens with one attached hydrogen (secondary N) is 1. The molecular formula is C20H16BrF4N3O5. The lowest BCUT2D eigenvalue weighted by Crippen LogP contribution is -2.32. The fourth-order valence-electron chi connectivity index (χ4n) is 2.43. The van der Waals surface area contributed by atoms with Crippen molar-refractivity contribution in [2.45, 2.75) is 13.1 Å². The molecule has 1 N–H and O–H groups in total. The molecule has 1 aromatic heterocycles. The molecule has 33 heavy (non-hydrogen) atoms. The third-order valence-electron chi connectivity index (χ3n) is 3.85. The van der Waals surface area contributed by atoms with Crippen LogP contribution in [0.1, 0.15) is 6.92 Å². The Morgan fingerprint density at radius 3 is 2.58 bits per heavy atom. The number of rotatable bonds is 9. The number of amides is 2. The molecule has 0 aliphatic heterocycles. The number of aromatic nitrogens is 1. The van der Waals surface area contributed by atoms with Gasteiger partial charge in [0.05, 0.1) is 10.2 Å². The number of ketones is 1. The lowest BCUT2D eigenvalue weighted by Gasteiger charge is -2.25. The van der Waals surface area contributed by atoms with Crippen molar-refractivity contribution in [3.05, 3.63) is 52.5 Å². The van der Waals surface area contributed by atoms with E-state index in [0.29, 0.717) is 4.90 Å². The van der Waals surface area contributed by atoms with Gasteiger partial charge >= 0.3 is 6.18 Å².